The van der Waals surface area contributed by atoms with Crippen LogP contribution in [0.4, 0.5) is 0 Å². The number of hydrogen-bond acceptors (Lipinski definition) is 3. The largest absolute Gasteiger partial charge is 0.308 e. The highest BCUT2D eigenvalue weighted by molar-refractivity contribution is 7.99. The lowest BCUT2D eigenvalue weighted by Crippen LogP contribution is -2.29. The van der Waals surface area contributed by atoms with E-state index in [-0.39, 0.29) is 0 Å². The second-order valence-electron chi connectivity index (χ2n) is 4.13. The highest BCUT2D eigenvalue weighted by Crippen LogP contribution is 2.24. The predicted molar refractivity (Wildman–Crippen MR) is 65.1 cm³/mol. The summed E-state index contributed by atoms with van der Waals surface area (Å²) < 4.78 is 0. The van der Waals surface area contributed by atoms with E-state index >= 15 is 0 Å². The van der Waals surface area contributed by atoms with Crippen LogP contribution in [0, 0.1) is 0 Å². The van der Waals surface area contributed by atoms with E-state index in [2.05, 4.69) is 34.2 Å². The molecule has 1 aromatic heterocycles. The maximum Gasteiger partial charge on any atom is 0.0518 e. The van der Waals surface area contributed by atoms with Gasteiger partial charge in [-0.1, -0.05) is 6.42 Å². The van der Waals surface area contributed by atoms with Crippen molar-refractivity contribution >= 4 is 11.8 Å². The Morgan fingerprint density at radius 1 is 1.67 bits per heavy atom. The summed E-state index contributed by atoms with van der Waals surface area (Å²) in [6, 6.07) is 2.42. The number of thioether (sulfide) groups is 1. The number of aromatic amines is 1. The molecule has 1 aromatic rings. The summed E-state index contributed by atoms with van der Waals surface area (Å²) in [5.41, 5.74) is 1.18. The van der Waals surface area contributed by atoms with Crippen molar-refractivity contribution in [2.45, 2.75) is 37.5 Å². The summed E-state index contributed by atoms with van der Waals surface area (Å²) in [6.45, 7) is 3.30. The van der Waals surface area contributed by atoms with Gasteiger partial charge in [-0.3, -0.25) is 5.10 Å². The molecule has 2 unspecified atom stereocenters. The fraction of sp³-hybridized carbons (Fsp3) is 0.727. The van der Waals surface area contributed by atoms with Gasteiger partial charge >= 0.3 is 0 Å². The topological polar surface area (TPSA) is 40.7 Å². The molecule has 2 N–H and O–H groups in total. The Morgan fingerprint density at radius 2 is 2.60 bits per heavy atom. The molecule has 84 valence electrons. The van der Waals surface area contributed by atoms with Crippen molar-refractivity contribution in [1.82, 2.24) is 15.5 Å². The van der Waals surface area contributed by atoms with Crippen LogP contribution in [0.5, 0.6) is 0 Å². The minimum atomic E-state index is 0.384. The molecule has 1 saturated heterocycles. The summed E-state index contributed by atoms with van der Waals surface area (Å²) in [5.74, 6) is 1.34. The van der Waals surface area contributed by atoms with Gasteiger partial charge in [0.15, 0.2) is 0 Å². The van der Waals surface area contributed by atoms with Gasteiger partial charge in [-0.25, -0.2) is 0 Å². The lowest BCUT2D eigenvalue weighted by molar-refractivity contribution is 0.529. The number of H-pyrrole nitrogens is 1. The Labute approximate surface area is 95.4 Å². The van der Waals surface area contributed by atoms with Gasteiger partial charge in [-0.15, -0.1) is 0 Å². The lowest BCUT2D eigenvalue weighted by atomic mass is 10.1. The van der Waals surface area contributed by atoms with Gasteiger partial charge in [0.2, 0.25) is 0 Å². The van der Waals surface area contributed by atoms with E-state index in [1.54, 1.807) is 0 Å². The van der Waals surface area contributed by atoms with E-state index in [9.17, 15) is 0 Å². The Kier molecular flexibility index (Phi) is 4.09. The van der Waals surface area contributed by atoms with E-state index in [0.29, 0.717) is 6.04 Å². The zero-order chi connectivity index (χ0) is 10.5. The molecule has 3 nitrogen and oxygen atoms in total. The third-order valence-electron chi connectivity index (χ3n) is 2.91. The molecule has 2 atom stereocenters. The average Bonchev–Trinajstić information content (AvgIpc) is 2.81. The molecule has 2 heterocycles. The van der Waals surface area contributed by atoms with Gasteiger partial charge in [0.05, 0.1) is 5.69 Å². The standard InChI is InChI=1S/C11H19N3S/c1-9(11-5-6-13-14-11)12-8-10-4-2-3-7-15-10/h5-6,9-10,12H,2-4,7-8H2,1H3,(H,13,14). The van der Waals surface area contributed by atoms with E-state index in [1.807, 2.05) is 12.3 Å². The van der Waals surface area contributed by atoms with Gasteiger partial charge in [0, 0.05) is 24.0 Å². The maximum atomic E-state index is 3.97. The zero-order valence-electron chi connectivity index (χ0n) is 9.20. The predicted octanol–water partition coefficient (Wildman–Crippen LogP) is 2.35. The number of nitrogens with one attached hydrogen (secondary N) is 2. The van der Waals surface area contributed by atoms with Crippen LogP contribution >= 0.6 is 11.8 Å². The lowest BCUT2D eigenvalue weighted by Gasteiger charge is -2.23. The minimum absolute atomic E-state index is 0.384. The summed E-state index contributed by atoms with van der Waals surface area (Å²) in [4.78, 5) is 0. The van der Waals surface area contributed by atoms with Crippen molar-refractivity contribution in [2.24, 2.45) is 0 Å². The normalized spacial score (nSPS) is 23.9. The molecule has 0 bridgehead atoms. The second-order valence-corrected chi connectivity index (χ2v) is 5.54. The van der Waals surface area contributed by atoms with Gasteiger partial charge < -0.3 is 5.32 Å². The summed E-state index contributed by atoms with van der Waals surface area (Å²) in [7, 11) is 0. The molecule has 1 aliphatic heterocycles. The molecule has 0 amide bonds. The molecule has 0 radical (unpaired) electrons. The zero-order valence-corrected chi connectivity index (χ0v) is 10.0. The number of hydrogen-bond donors (Lipinski definition) is 2. The molecule has 4 heteroatoms. The van der Waals surface area contributed by atoms with Crippen LogP contribution in [0.25, 0.3) is 0 Å². The Morgan fingerprint density at radius 3 is 3.27 bits per heavy atom. The maximum absolute atomic E-state index is 3.97. The third-order valence-corrected chi connectivity index (χ3v) is 4.31. The molecule has 1 fully saturated rings. The van der Waals surface area contributed by atoms with Gasteiger partial charge in [-0.2, -0.15) is 16.9 Å². The van der Waals surface area contributed by atoms with Crippen molar-refractivity contribution in [3.05, 3.63) is 18.0 Å². The van der Waals surface area contributed by atoms with Crippen molar-refractivity contribution in [1.29, 1.82) is 0 Å². The third kappa shape index (κ3) is 3.24. The van der Waals surface area contributed by atoms with E-state index in [0.717, 1.165) is 11.8 Å². The molecular weight excluding hydrogens is 206 g/mol. The van der Waals surface area contributed by atoms with Crippen LogP contribution < -0.4 is 5.32 Å². The van der Waals surface area contributed by atoms with Crippen molar-refractivity contribution in [3.8, 4) is 0 Å². The SMILES string of the molecule is CC(NCC1CCCCS1)c1ccn[nH]1. The first-order valence-corrected chi connectivity index (χ1v) is 6.75. The highest BCUT2D eigenvalue weighted by Gasteiger charge is 2.15. The van der Waals surface area contributed by atoms with E-state index in [4.69, 9.17) is 0 Å². The molecule has 2 rings (SSSR count). The van der Waals surface area contributed by atoms with Crippen molar-refractivity contribution < 1.29 is 0 Å². The molecule has 0 aliphatic carbocycles. The fourth-order valence-corrected chi connectivity index (χ4v) is 3.15. The van der Waals surface area contributed by atoms with Gasteiger partial charge in [0.1, 0.15) is 0 Å². The van der Waals surface area contributed by atoms with Crippen LogP contribution in [0.2, 0.25) is 0 Å². The molecule has 0 spiro atoms. The highest BCUT2D eigenvalue weighted by atomic mass is 32.2. The molecule has 0 saturated carbocycles. The minimum Gasteiger partial charge on any atom is -0.308 e. The van der Waals surface area contributed by atoms with Crippen LogP contribution in [0.1, 0.15) is 37.9 Å². The van der Waals surface area contributed by atoms with Crippen LogP contribution in [-0.4, -0.2) is 27.7 Å². The number of rotatable bonds is 4. The van der Waals surface area contributed by atoms with E-state index < -0.39 is 0 Å². The van der Waals surface area contributed by atoms with Crippen molar-refractivity contribution in [2.75, 3.05) is 12.3 Å². The quantitative estimate of drug-likeness (QED) is 0.826. The van der Waals surface area contributed by atoms with Crippen LogP contribution in [0.15, 0.2) is 12.3 Å². The Hall–Kier alpha value is -0.480. The summed E-state index contributed by atoms with van der Waals surface area (Å²) in [6.07, 6.45) is 5.98. The summed E-state index contributed by atoms with van der Waals surface area (Å²) >= 11 is 2.11. The van der Waals surface area contributed by atoms with Crippen LogP contribution in [0.3, 0.4) is 0 Å². The Balaban J connectivity index is 1.73. The average molecular weight is 225 g/mol. The molecule has 0 aromatic carbocycles. The number of nitrogens with zero attached hydrogens (tertiary/aromatic N) is 1. The van der Waals surface area contributed by atoms with E-state index in [1.165, 1.54) is 30.7 Å². The second kappa shape index (κ2) is 5.56. The van der Waals surface area contributed by atoms with Gasteiger partial charge in [-0.05, 0) is 31.6 Å². The summed E-state index contributed by atoms with van der Waals surface area (Å²) in [5, 5.41) is 11.3. The van der Waals surface area contributed by atoms with Crippen molar-refractivity contribution in [3.63, 3.8) is 0 Å². The fourth-order valence-electron chi connectivity index (χ4n) is 1.89. The first-order valence-electron chi connectivity index (χ1n) is 5.70. The molecule has 15 heavy (non-hydrogen) atoms. The smallest absolute Gasteiger partial charge is 0.0518 e. The first kappa shape index (κ1) is 11.0. The first-order chi connectivity index (χ1) is 7.36. The monoisotopic (exact) mass is 225 g/mol. The molecule has 1 aliphatic rings. The molecular formula is C11H19N3S. The Bertz CT molecular complexity index is 267. The number of aromatic nitrogens is 2. The van der Waals surface area contributed by atoms with Crippen LogP contribution in [-0.2, 0) is 0 Å². The van der Waals surface area contributed by atoms with Gasteiger partial charge in [0.25, 0.3) is 0 Å².